The third kappa shape index (κ3) is 5.08. The summed E-state index contributed by atoms with van der Waals surface area (Å²) in [6.07, 6.45) is 2.20. The van der Waals surface area contributed by atoms with Gasteiger partial charge in [-0.15, -0.1) is 0 Å². The van der Waals surface area contributed by atoms with Gasteiger partial charge in [-0.3, -0.25) is 15.6 Å². The van der Waals surface area contributed by atoms with E-state index in [0.717, 1.165) is 6.42 Å². The number of amides is 1. The van der Waals surface area contributed by atoms with Crippen molar-refractivity contribution in [3.8, 4) is 0 Å². The fraction of sp³-hybridized carbons (Fsp3) is 0.105. The van der Waals surface area contributed by atoms with Gasteiger partial charge >= 0.3 is 0 Å². The molecule has 0 aliphatic carbocycles. The summed E-state index contributed by atoms with van der Waals surface area (Å²) >= 11 is 5.90. The van der Waals surface area contributed by atoms with E-state index in [2.05, 4.69) is 38.3 Å². The predicted molar refractivity (Wildman–Crippen MR) is 108 cm³/mol. The molecule has 0 aliphatic rings. The third-order valence-corrected chi connectivity index (χ3v) is 4.05. The third-order valence-electron chi connectivity index (χ3n) is 3.81. The largest absolute Gasteiger partial charge is 0.393 e. The predicted octanol–water partition coefficient (Wildman–Crippen LogP) is 3.12. The highest BCUT2D eigenvalue weighted by molar-refractivity contribution is 6.30. The molecule has 1 amide bonds. The number of anilines is 3. The second kappa shape index (κ2) is 8.86. The Hall–Kier alpha value is -3.32. The van der Waals surface area contributed by atoms with Gasteiger partial charge in [-0.1, -0.05) is 48.0 Å². The highest BCUT2D eigenvalue weighted by Gasteiger charge is 2.10. The molecule has 0 aliphatic heterocycles. The molecular weight excluding hydrogens is 364 g/mol. The maximum Gasteiger partial charge on any atom is 0.269 e. The lowest BCUT2D eigenvalue weighted by molar-refractivity contribution is 0.0962. The fourth-order valence-corrected chi connectivity index (χ4v) is 2.61. The van der Waals surface area contributed by atoms with Gasteiger partial charge in [0.2, 0.25) is 0 Å². The van der Waals surface area contributed by atoms with E-state index in [4.69, 9.17) is 17.3 Å². The van der Waals surface area contributed by atoms with Crippen molar-refractivity contribution < 1.29 is 4.79 Å². The number of aromatic nitrogens is 2. The average Bonchev–Trinajstić information content (AvgIpc) is 2.69. The molecule has 8 heteroatoms. The van der Waals surface area contributed by atoms with Crippen molar-refractivity contribution in [2.45, 2.75) is 6.42 Å². The van der Waals surface area contributed by atoms with Gasteiger partial charge in [0.25, 0.3) is 5.91 Å². The molecule has 138 valence electrons. The van der Waals surface area contributed by atoms with Crippen LogP contribution in [-0.4, -0.2) is 22.4 Å². The summed E-state index contributed by atoms with van der Waals surface area (Å²) in [7, 11) is 0. The number of halogens is 1. The number of nitrogens with zero attached hydrogens (tertiary/aromatic N) is 2. The molecule has 1 heterocycles. The zero-order chi connectivity index (χ0) is 19.1. The molecular formula is C19H19ClN6O. The van der Waals surface area contributed by atoms with Crippen molar-refractivity contribution in [1.29, 1.82) is 0 Å². The maximum atomic E-state index is 12.2. The molecule has 5 N–H and O–H groups in total. The number of hydrazine groups is 1. The Morgan fingerprint density at radius 1 is 1.04 bits per heavy atom. The first-order chi connectivity index (χ1) is 13.1. The standard InChI is InChI=1S/C19H19ClN6O/c20-15-8-4-7-14(11-15)19(27)26-25-18-16(21)17(23-12-24-18)22-10-9-13-5-2-1-3-6-13/h1-8,11-12H,9-10,21H2,(H,26,27)(H2,22,23,24,25). The van der Waals surface area contributed by atoms with Gasteiger partial charge in [0.1, 0.15) is 12.0 Å². The number of nitrogens with two attached hydrogens (primary N) is 1. The highest BCUT2D eigenvalue weighted by Crippen LogP contribution is 2.21. The molecule has 3 rings (SSSR count). The van der Waals surface area contributed by atoms with Gasteiger partial charge in [0.15, 0.2) is 11.6 Å². The molecule has 0 radical (unpaired) electrons. The van der Waals surface area contributed by atoms with E-state index < -0.39 is 0 Å². The van der Waals surface area contributed by atoms with Crippen LogP contribution >= 0.6 is 11.6 Å². The van der Waals surface area contributed by atoms with E-state index in [-0.39, 0.29) is 5.91 Å². The minimum Gasteiger partial charge on any atom is -0.393 e. The van der Waals surface area contributed by atoms with E-state index in [9.17, 15) is 4.79 Å². The number of nitrogens with one attached hydrogen (secondary N) is 3. The molecule has 0 saturated heterocycles. The summed E-state index contributed by atoms with van der Waals surface area (Å²) in [6, 6.07) is 16.7. The number of benzene rings is 2. The van der Waals surface area contributed by atoms with Crippen LogP contribution in [-0.2, 0) is 6.42 Å². The summed E-state index contributed by atoms with van der Waals surface area (Å²) in [6.45, 7) is 0.666. The molecule has 0 fully saturated rings. The Kier molecular flexibility index (Phi) is 6.06. The van der Waals surface area contributed by atoms with Crippen molar-refractivity contribution in [2.24, 2.45) is 0 Å². The topological polar surface area (TPSA) is 105 Å². The number of hydrogen-bond donors (Lipinski definition) is 4. The molecule has 7 nitrogen and oxygen atoms in total. The molecule has 3 aromatic rings. The van der Waals surface area contributed by atoms with Crippen LogP contribution in [0.25, 0.3) is 0 Å². The quantitative estimate of drug-likeness (QED) is 0.468. The van der Waals surface area contributed by atoms with E-state index >= 15 is 0 Å². The second-order valence-corrected chi connectivity index (χ2v) is 6.17. The first kappa shape index (κ1) is 18.5. The van der Waals surface area contributed by atoms with Gasteiger partial charge in [-0.05, 0) is 30.2 Å². The van der Waals surface area contributed by atoms with Crippen LogP contribution in [0.2, 0.25) is 5.02 Å². The van der Waals surface area contributed by atoms with Crippen molar-refractivity contribution >= 4 is 34.8 Å². The molecule has 27 heavy (non-hydrogen) atoms. The van der Waals surface area contributed by atoms with Crippen LogP contribution in [0.1, 0.15) is 15.9 Å². The lowest BCUT2D eigenvalue weighted by atomic mass is 10.1. The van der Waals surface area contributed by atoms with Gasteiger partial charge < -0.3 is 11.1 Å². The maximum absolute atomic E-state index is 12.2. The zero-order valence-electron chi connectivity index (χ0n) is 14.4. The fourth-order valence-electron chi connectivity index (χ4n) is 2.42. The Morgan fingerprint density at radius 3 is 2.59 bits per heavy atom. The number of rotatable bonds is 7. The van der Waals surface area contributed by atoms with Crippen molar-refractivity contribution in [3.05, 3.63) is 77.1 Å². The van der Waals surface area contributed by atoms with Gasteiger partial charge in [-0.25, -0.2) is 9.97 Å². The smallest absolute Gasteiger partial charge is 0.269 e. The van der Waals surface area contributed by atoms with Crippen molar-refractivity contribution in [2.75, 3.05) is 23.0 Å². The first-order valence-electron chi connectivity index (χ1n) is 8.33. The van der Waals surface area contributed by atoms with Crippen molar-refractivity contribution in [3.63, 3.8) is 0 Å². The SMILES string of the molecule is Nc1c(NCCc2ccccc2)ncnc1NNC(=O)c1cccc(Cl)c1. The highest BCUT2D eigenvalue weighted by atomic mass is 35.5. The van der Waals surface area contributed by atoms with E-state index in [0.29, 0.717) is 34.5 Å². The van der Waals surface area contributed by atoms with Crippen LogP contribution in [0.4, 0.5) is 17.3 Å². The minimum absolute atomic E-state index is 0.308. The van der Waals surface area contributed by atoms with Gasteiger partial charge in [0, 0.05) is 17.1 Å². The number of carbonyl (C=O) groups excluding carboxylic acids is 1. The molecule has 0 unspecified atom stereocenters. The molecule has 0 saturated carbocycles. The Labute approximate surface area is 162 Å². The zero-order valence-corrected chi connectivity index (χ0v) is 15.2. The Balaban J connectivity index is 1.58. The summed E-state index contributed by atoms with van der Waals surface area (Å²) in [4.78, 5) is 20.4. The summed E-state index contributed by atoms with van der Waals surface area (Å²) in [5, 5.41) is 3.66. The molecule has 2 aromatic carbocycles. The van der Waals surface area contributed by atoms with Gasteiger partial charge in [-0.2, -0.15) is 0 Å². The second-order valence-electron chi connectivity index (χ2n) is 5.74. The van der Waals surface area contributed by atoms with Crippen LogP contribution in [0.15, 0.2) is 60.9 Å². The van der Waals surface area contributed by atoms with Crippen LogP contribution in [0.5, 0.6) is 0 Å². The summed E-state index contributed by atoms with van der Waals surface area (Å²) < 4.78 is 0. The minimum atomic E-state index is -0.353. The average molecular weight is 383 g/mol. The number of nitrogen functional groups attached to an aromatic ring is 1. The van der Waals surface area contributed by atoms with Crippen LogP contribution in [0.3, 0.4) is 0 Å². The van der Waals surface area contributed by atoms with Gasteiger partial charge in [0.05, 0.1) is 0 Å². The van der Waals surface area contributed by atoms with E-state index in [1.165, 1.54) is 11.9 Å². The molecule has 0 bridgehead atoms. The van der Waals surface area contributed by atoms with Crippen LogP contribution in [0, 0.1) is 0 Å². The Bertz CT molecular complexity index is 919. The Morgan fingerprint density at radius 2 is 1.81 bits per heavy atom. The first-order valence-corrected chi connectivity index (χ1v) is 8.71. The normalized spacial score (nSPS) is 10.3. The summed E-state index contributed by atoms with van der Waals surface area (Å²) in [5.41, 5.74) is 13.3. The number of carbonyl (C=O) groups is 1. The lowest BCUT2D eigenvalue weighted by Crippen LogP contribution is -2.30. The lowest BCUT2D eigenvalue weighted by Gasteiger charge is -2.13. The van der Waals surface area contributed by atoms with E-state index in [1.807, 2.05) is 18.2 Å². The van der Waals surface area contributed by atoms with Crippen molar-refractivity contribution in [1.82, 2.24) is 15.4 Å². The molecule has 0 atom stereocenters. The summed E-state index contributed by atoms with van der Waals surface area (Å²) in [5.74, 6) is 0.456. The molecule has 0 spiro atoms. The van der Waals surface area contributed by atoms with E-state index in [1.54, 1.807) is 24.3 Å². The monoisotopic (exact) mass is 382 g/mol. The molecule has 1 aromatic heterocycles. The number of hydrogen-bond acceptors (Lipinski definition) is 6. The van der Waals surface area contributed by atoms with Crippen LogP contribution < -0.4 is 21.9 Å².